The summed E-state index contributed by atoms with van der Waals surface area (Å²) in [7, 11) is 1.45. The molecule has 0 unspecified atom stereocenters. The topological polar surface area (TPSA) is 93.5 Å². The number of nitrogens with zero attached hydrogens (tertiary/aromatic N) is 1. The minimum atomic E-state index is -0.484. The third-order valence-electron chi connectivity index (χ3n) is 2.59. The Morgan fingerprint density at radius 2 is 2.10 bits per heavy atom. The van der Waals surface area contributed by atoms with Gasteiger partial charge in [0.1, 0.15) is 5.75 Å². The van der Waals surface area contributed by atoms with Gasteiger partial charge in [-0.05, 0) is 6.42 Å². The number of nitro benzene ring substituents is 1. The zero-order valence-corrected chi connectivity index (χ0v) is 11.6. The third-order valence-corrected chi connectivity index (χ3v) is 2.59. The van der Waals surface area contributed by atoms with Gasteiger partial charge >= 0.3 is 0 Å². The molecule has 0 radical (unpaired) electrons. The van der Waals surface area contributed by atoms with Crippen LogP contribution in [0.4, 0.5) is 11.4 Å². The van der Waals surface area contributed by atoms with Crippen molar-refractivity contribution in [1.29, 1.82) is 0 Å². The van der Waals surface area contributed by atoms with Crippen LogP contribution in [0.25, 0.3) is 0 Å². The molecule has 7 nitrogen and oxygen atoms in total. The van der Waals surface area contributed by atoms with Crippen LogP contribution in [0.15, 0.2) is 18.2 Å². The summed E-state index contributed by atoms with van der Waals surface area (Å²) in [6.45, 7) is 3.04. The molecule has 7 heteroatoms. The van der Waals surface area contributed by atoms with Gasteiger partial charge in [0, 0.05) is 37.3 Å². The molecule has 0 saturated heterocycles. The van der Waals surface area contributed by atoms with Crippen molar-refractivity contribution in [1.82, 2.24) is 5.32 Å². The Hall–Kier alpha value is -2.31. The van der Waals surface area contributed by atoms with Crippen LogP contribution < -0.4 is 15.4 Å². The van der Waals surface area contributed by atoms with Crippen LogP contribution in [-0.4, -0.2) is 31.0 Å². The van der Waals surface area contributed by atoms with Crippen molar-refractivity contribution < 1.29 is 14.5 Å². The lowest BCUT2D eigenvalue weighted by Gasteiger charge is -2.08. The monoisotopic (exact) mass is 281 g/mol. The molecular formula is C13H19N3O4. The number of benzene rings is 1. The van der Waals surface area contributed by atoms with Crippen molar-refractivity contribution in [3.8, 4) is 5.75 Å². The van der Waals surface area contributed by atoms with Gasteiger partial charge in [0.15, 0.2) is 0 Å². The molecular weight excluding hydrogens is 262 g/mol. The Balaban J connectivity index is 2.57. The highest BCUT2D eigenvalue weighted by Crippen LogP contribution is 2.25. The number of nitrogens with one attached hydrogen (secondary N) is 2. The van der Waals surface area contributed by atoms with Crippen LogP contribution in [0.2, 0.25) is 0 Å². The lowest BCUT2D eigenvalue weighted by molar-refractivity contribution is -0.384. The highest BCUT2D eigenvalue weighted by atomic mass is 16.6. The lowest BCUT2D eigenvalue weighted by atomic mass is 10.2. The van der Waals surface area contributed by atoms with E-state index in [2.05, 4.69) is 10.6 Å². The van der Waals surface area contributed by atoms with E-state index in [0.29, 0.717) is 30.9 Å². The van der Waals surface area contributed by atoms with Crippen LogP contribution in [0, 0.1) is 10.1 Å². The number of carbonyl (C=O) groups is 1. The maximum atomic E-state index is 11.4. The Morgan fingerprint density at radius 1 is 1.35 bits per heavy atom. The molecule has 0 aliphatic rings. The number of hydrogen-bond donors (Lipinski definition) is 2. The number of amides is 1. The van der Waals surface area contributed by atoms with E-state index in [1.54, 1.807) is 6.07 Å². The van der Waals surface area contributed by atoms with Gasteiger partial charge in [0.25, 0.3) is 5.69 Å². The zero-order chi connectivity index (χ0) is 15.0. The number of methoxy groups -OCH3 is 1. The quantitative estimate of drug-likeness (QED) is 0.561. The third kappa shape index (κ3) is 5.13. The van der Waals surface area contributed by atoms with Gasteiger partial charge in [-0.3, -0.25) is 14.9 Å². The molecule has 1 aromatic carbocycles. The van der Waals surface area contributed by atoms with Crippen LogP contribution in [0.5, 0.6) is 5.75 Å². The van der Waals surface area contributed by atoms with Crippen molar-refractivity contribution in [2.75, 3.05) is 25.5 Å². The molecule has 0 spiro atoms. The zero-order valence-electron chi connectivity index (χ0n) is 11.6. The minimum Gasteiger partial charge on any atom is -0.496 e. The van der Waals surface area contributed by atoms with Crippen LogP contribution in [0.3, 0.4) is 0 Å². The van der Waals surface area contributed by atoms with Crippen molar-refractivity contribution in [2.45, 2.75) is 19.8 Å². The van der Waals surface area contributed by atoms with Crippen LogP contribution in [0.1, 0.15) is 19.8 Å². The summed E-state index contributed by atoms with van der Waals surface area (Å²) < 4.78 is 5.00. The standard InChI is InChI=1S/C13H19N3O4/c1-3-5-15-13(17)4-6-14-10-7-11(16(18)19)9-12(8-10)20-2/h7-9,14H,3-6H2,1-2H3,(H,15,17). The summed E-state index contributed by atoms with van der Waals surface area (Å²) in [5.41, 5.74) is 0.502. The number of nitro groups is 1. The summed E-state index contributed by atoms with van der Waals surface area (Å²) in [6.07, 6.45) is 1.20. The van der Waals surface area contributed by atoms with Gasteiger partial charge in [-0.1, -0.05) is 6.92 Å². The number of hydrogen-bond acceptors (Lipinski definition) is 5. The number of rotatable bonds is 8. The molecule has 0 saturated carbocycles. The van der Waals surface area contributed by atoms with E-state index in [-0.39, 0.29) is 11.6 Å². The summed E-state index contributed by atoms with van der Waals surface area (Å²) in [4.78, 5) is 21.7. The van der Waals surface area contributed by atoms with Gasteiger partial charge in [-0.2, -0.15) is 0 Å². The minimum absolute atomic E-state index is 0.0447. The summed E-state index contributed by atoms with van der Waals surface area (Å²) in [5.74, 6) is 0.355. The number of carbonyl (C=O) groups excluding carboxylic acids is 1. The highest BCUT2D eigenvalue weighted by molar-refractivity contribution is 5.76. The fourth-order valence-corrected chi connectivity index (χ4v) is 1.58. The highest BCUT2D eigenvalue weighted by Gasteiger charge is 2.10. The second-order valence-electron chi connectivity index (χ2n) is 4.20. The van der Waals surface area contributed by atoms with Gasteiger partial charge in [0.2, 0.25) is 5.91 Å². The van der Waals surface area contributed by atoms with E-state index in [4.69, 9.17) is 4.74 Å². The predicted octanol–water partition coefficient (Wildman–Crippen LogP) is 1.93. The van der Waals surface area contributed by atoms with E-state index in [1.807, 2.05) is 6.92 Å². The molecule has 1 amide bonds. The first-order chi connectivity index (χ1) is 9.56. The fourth-order valence-electron chi connectivity index (χ4n) is 1.58. The van der Waals surface area contributed by atoms with Gasteiger partial charge in [-0.15, -0.1) is 0 Å². The molecule has 0 fully saturated rings. The average molecular weight is 281 g/mol. The van der Waals surface area contributed by atoms with Crippen LogP contribution >= 0.6 is 0 Å². The van der Waals surface area contributed by atoms with E-state index in [9.17, 15) is 14.9 Å². The molecule has 0 aromatic heterocycles. The van der Waals surface area contributed by atoms with E-state index in [0.717, 1.165) is 6.42 Å². The molecule has 20 heavy (non-hydrogen) atoms. The maximum Gasteiger partial charge on any atom is 0.275 e. The molecule has 0 atom stereocenters. The largest absolute Gasteiger partial charge is 0.496 e. The average Bonchev–Trinajstić information content (AvgIpc) is 2.44. The smallest absolute Gasteiger partial charge is 0.275 e. The molecule has 110 valence electrons. The molecule has 1 rings (SSSR count). The normalized spacial score (nSPS) is 9.90. The van der Waals surface area contributed by atoms with E-state index < -0.39 is 4.92 Å². The molecule has 0 bridgehead atoms. The number of anilines is 1. The van der Waals surface area contributed by atoms with Gasteiger partial charge < -0.3 is 15.4 Å². The predicted molar refractivity (Wildman–Crippen MR) is 76.1 cm³/mol. The van der Waals surface area contributed by atoms with Crippen LogP contribution in [-0.2, 0) is 4.79 Å². The maximum absolute atomic E-state index is 11.4. The van der Waals surface area contributed by atoms with E-state index >= 15 is 0 Å². The van der Waals surface area contributed by atoms with E-state index in [1.165, 1.54) is 19.2 Å². The Bertz CT molecular complexity index is 477. The SMILES string of the molecule is CCCNC(=O)CCNc1cc(OC)cc([N+](=O)[O-])c1. The van der Waals surface area contributed by atoms with Gasteiger partial charge in [-0.25, -0.2) is 0 Å². The summed E-state index contributed by atoms with van der Waals surface area (Å²) in [5, 5.41) is 16.5. The molecule has 2 N–H and O–H groups in total. The summed E-state index contributed by atoms with van der Waals surface area (Å²) in [6, 6.07) is 4.41. The second kappa shape index (κ2) is 7.98. The molecule has 0 heterocycles. The Kier molecular flexibility index (Phi) is 6.28. The fraction of sp³-hybridized carbons (Fsp3) is 0.462. The Labute approximate surface area is 117 Å². The number of non-ortho nitro benzene ring substituents is 1. The Morgan fingerprint density at radius 3 is 2.70 bits per heavy atom. The number of ether oxygens (including phenoxy) is 1. The molecule has 0 aliphatic heterocycles. The first kappa shape index (κ1) is 15.7. The lowest BCUT2D eigenvalue weighted by Crippen LogP contribution is -2.25. The first-order valence-electron chi connectivity index (χ1n) is 6.41. The van der Waals surface area contributed by atoms with Crippen molar-refractivity contribution >= 4 is 17.3 Å². The second-order valence-corrected chi connectivity index (χ2v) is 4.20. The molecule has 1 aromatic rings. The van der Waals surface area contributed by atoms with Crippen molar-refractivity contribution in [2.24, 2.45) is 0 Å². The van der Waals surface area contributed by atoms with Crippen molar-refractivity contribution in [3.63, 3.8) is 0 Å². The van der Waals surface area contributed by atoms with Crippen molar-refractivity contribution in [3.05, 3.63) is 28.3 Å². The van der Waals surface area contributed by atoms with Gasteiger partial charge in [0.05, 0.1) is 18.1 Å². The first-order valence-corrected chi connectivity index (χ1v) is 6.41. The molecule has 0 aliphatic carbocycles. The summed E-state index contributed by atoms with van der Waals surface area (Å²) >= 11 is 0.